The summed E-state index contributed by atoms with van der Waals surface area (Å²) < 4.78 is 27.0. The van der Waals surface area contributed by atoms with Crippen LogP contribution in [0.25, 0.3) is 0 Å². The van der Waals surface area contributed by atoms with Gasteiger partial charge in [0.25, 0.3) is 0 Å². The van der Waals surface area contributed by atoms with Crippen LogP contribution in [0.15, 0.2) is 18.2 Å². The first-order valence-electron chi connectivity index (χ1n) is 7.12. The quantitative estimate of drug-likeness (QED) is 0.717. The average molecular weight is 315 g/mol. The van der Waals surface area contributed by atoms with Crippen molar-refractivity contribution in [3.8, 4) is 0 Å². The third-order valence-electron chi connectivity index (χ3n) is 3.18. The van der Waals surface area contributed by atoms with Crippen LogP contribution in [0.3, 0.4) is 0 Å². The second-order valence-corrected chi connectivity index (χ2v) is 5.50. The number of benzene rings is 1. The number of amides is 2. The Balaban J connectivity index is 2.43. The average Bonchev–Trinajstić information content (AvgIpc) is 2.42. The summed E-state index contributed by atoms with van der Waals surface area (Å²) in [5.41, 5.74) is -0.441. The minimum atomic E-state index is -1.44. The molecule has 2 amide bonds. The highest BCUT2D eigenvalue weighted by Gasteiger charge is 2.18. The van der Waals surface area contributed by atoms with Crippen molar-refractivity contribution in [2.75, 3.05) is 27.2 Å². The molecule has 0 fully saturated rings. The Morgan fingerprint density at radius 1 is 1.32 bits per heavy atom. The molecule has 0 aliphatic carbocycles. The van der Waals surface area contributed by atoms with E-state index in [1.54, 1.807) is 0 Å². The van der Waals surface area contributed by atoms with E-state index in [1.807, 2.05) is 25.9 Å². The van der Waals surface area contributed by atoms with E-state index in [4.69, 9.17) is 0 Å². The fraction of sp³-hybridized carbons (Fsp3) is 0.533. The summed E-state index contributed by atoms with van der Waals surface area (Å²) >= 11 is 0. The molecule has 1 aromatic carbocycles. The predicted molar refractivity (Wildman–Crippen MR) is 80.5 cm³/mol. The molecule has 0 spiro atoms. The Kier molecular flexibility index (Phi) is 7.20. The van der Waals surface area contributed by atoms with Crippen LogP contribution in [0.5, 0.6) is 0 Å². The molecule has 0 aliphatic heterocycles. The molecule has 0 aromatic heterocycles. The molecule has 5 nitrogen and oxygen atoms in total. The number of hydrogen-bond acceptors (Lipinski definition) is 3. The summed E-state index contributed by atoms with van der Waals surface area (Å²) in [6.45, 7) is 2.41. The summed E-state index contributed by atoms with van der Waals surface area (Å²) in [6, 6.07) is 2.80. The number of nitrogens with zero attached hydrogens (tertiary/aromatic N) is 1. The zero-order valence-corrected chi connectivity index (χ0v) is 13.1. The van der Waals surface area contributed by atoms with Gasteiger partial charge in [0.1, 0.15) is 17.7 Å². The van der Waals surface area contributed by atoms with Crippen LogP contribution < -0.4 is 10.6 Å². The van der Waals surface area contributed by atoms with Crippen LogP contribution in [0.1, 0.15) is 25.0 Å². The molecule has 0 heterocycles. The molecule has 22 heavy (non-hydrogen) atoms. The van der Waals surface area contributed by atoms with Crippen molar-refractivity contribution in [3.05, 3.63) is 35.4 Å². The van der Waals surface area contributed by atoms with Crippen molar-refractivity contribution in [3.63, 3.8) is 0 Å². The lowest BCUT2D eigenvalue weighted by Gasteiger charge is -2.18. The predicted octanol–water partition coefficient (Wildman–Crippen LogP) is 1.64. The van der Waals surface area contributed by atoms with E-state index >= 15 is 0 Å². The highest BCUT2D eigenvalue weighted by molar-refractivity contribution is 5.74. The van der Waals surface area contributed by atoms with E-state index in [1.165, 1.54) is 6.07 Å². The van der Waals surface area contributed by atoms with Crippen LogP contribution in [-0.2, 0) is 0 Å². The molecule has 2 atom stereocenters. The van der Waals surface area contributed by atoms with E-state index < -0.39 is 29.3 Å². The number of urea groups is 1. The second kappa shape index (κ2) is 8.65. The molecule has 1 aromatic rings. The van der Waals surface area contributed by atoms with Gasteiger partial charge in [-0.2, -0.15) is 0 Å². The lowest BCUT2D eigenvalue weighted by atomic mass is 10.1. The Bertz CT molecular complexity index is 477. The maximum absolute atomic E-state index is 13.5. The van der Waals surface area contributed by atoms with Gasteiger partial charge in [-0.25, -0.2) is 13.6 Å². The summed E-state index contributed by atoms with van der Waals surface area (Å²) in [5, 5.41) is 14.9. The molecular weight excluding hydrogens is 292 g/mol. The van der Waals surface area contributed by atoms with Crippen LogP contribution in [0.4, 0.5) is 13.6 Å². The highest BCUT2D eigenvalue weighted by Crippen LogP contribution is 2.19. The minimum absolute atomic E-state index is 0.0512. The van der Waals surface area contributed by atoms with E-state index in [0.717, 1.165) is 25.1 Å². The van der Waals surface area contributed by atoms with Crippen LogP contribution in [0, 0.1) is 11.6 Å². The number of aliphatic hydroxyl groups is 1. The van der Waals surface area contributed by atoms with Crippen molar-refractivity contribution < 1.29 is 18.7 Å². The van der Waals surface area contributed by atoms with Gasteiger partial charge in [0.2, 0.25) is 0 Å². The SMILES string of the molecule is CC(CCN(C)C)NC(=O)NCC(O)c1c(F)cccc1F. The Morgan fingerprint density at radius 2 is 1.91 bits per heavy atom. The molecule has 0 radical (unpaired) electrons. The van der Waals surface area contributed by atoms with Gasteiger partial charge in [-0.1, -0.05) is 6.07 Å². The van der Waals surface area contributed by atoms with E-state index in [-0.39, 0.29) is 12.6 Å². The standard InChI is InChI=1S/C15H23F2N3O2/c1-10(7-8-20(2)3)19-15(22)18-9-13(21)14-11(16)5-4-6-12(14)17/h4-6,10,13,21H,7-9H2,1-3H3,(H2,18,19,22). The number of carbonyl (C=O) groups excluding carboxylic acids is 1. The lowest BCUT2D eigenvalue weighted by Crippen LogP contribution is -2.43. The molecule has 0 bridgehead atoms. The molecule has 0 aliphatic rings. The molecule has 3 N–H and O–H groups in total. The van der Waals surface area contributed by atoms with Gasteiger partial charge >= 0.3 is 6.03 Å². The van der Waals surface area contributed by atoms with E-state index in [2.05, 4.69) is 10.6 Å². The minimum Gasteiger partial charge on any atom is -0.386 e. The molecule has 1 rings (SSSR count). The third kappa shape index (κ3) is 5.95. The van der Waals surface area contributed by atoms with Crippen LogP contribution >= 0.6 is 0 Å². The number of nitrogens with one attached hydrogen (secondary N) is 2. The maximum atomic E-state index is 13.5. The van der Waals surface area contributed by atoms with Crippen molar-refractivity contribution >= 4 is 6.03 Å². The molecule has 124 valence electrons. The Morgan fingerprint density at radius 3 is 2.45 bits per heavy atom. The third-order valence-corrected chi connectivity index (χ3v) is 3.18. The molecule has 0 saturated heterocycles. The van der Waals surface area contributed by atoms with Gasteiger partial charge in [0.15, 0.2) is 0 Å². The molecular formula is C15H23F2N3O2. The van der Waals surface area contributed by atoms with Gasteiger partial charge < -0.3 is 20.6 Å². The monoisotopic (exact) mass is 315 g/mol. The molecule has 2 unspecified atom stereocenters. The first-order chi connectivity index (χ1) is 10.3. The van der Waals surface area contributed by atoms with E-state index in [0.29, 0.717) is 0 Å². The van der Waals surface area contributed by atoms with Crippen LogP contribution in [-0.4, -0.2) is 49.3 Å². The summed E-state index contributed by atoms with van der Waals surface area (Å²) in [5.74, 6) is -1.68. The smallest absolute Gasteiger partial charge is 0.315 e. The first kappa shape index (κ1) is 18.3. The van der Waals surface area contributed by atoms with Gasteiger partial charge in [-0.3, -0.25) is 0 Å². The number of halogens is 2. The van der Waals surface area contributed by atoms with Crippen molar-refractivity contribution in [1.82, 2.24) is 15.5 Å². The zero-order chi connectivity index (χ0) is 16.7. The second-order valence-electron chi connectivity index (χ2n) is 5.50. The highest BCUT2D eigenvalue weighted by atomic mass is 19.1. The summed E-state index contributed by atoms with van der Waals surface area (Å²) in [4.78, 5) is 13.7. The largest absolute Gasteiger partial charge is 0.386 e. The summed E-state index contributed by atoms with van der Waals surface area (Å²) in [6.07, 6.45) is -0.672. The van der Waals surface area contributed by atoms with E-state index in [9.17, 15) is 18.7 Å². The first-order valence-corrected chi connectivity index (χ1v) is 7.12. The Hall–Kier alpha value is -1.73. The normalized spacial score (nSPS) is 13.8. The maximum Gasteiger partial charge on any atom is 0.315 e. The number of hydrogen-bond donors (Lipinski definition) is 3. The molecule has 0 saturated carbocycles. The Labute approximate surface area is 129 Å². The summed E-state index contributed by atoms with van der Waals surface area (Å²) in [7, 11) is 3.87. The van der Waals surface area contributed by atoms with Crippen LogP contribution in [0.2, 0.25) is 0 Å². The van der Waals surface area contributed by atoms with Crippen molar-refractivity contribution in [1.29, 1.82) is 0 Å². The van der Waals surface area contributed by atoms with Gasteiger partial charge in [0, 0.05) is 12.6 Å². The number of rotatable bonds is 7. The number of carbonyl (C=O) groups is 1. The van der Waals surface area contributed by atoms with Crippen molar-refractivity contribution in [2.24, 2.45) is 0 Å². The van der Waals surface area contributed by atoms with Gasteiger partial charge in [-0.05, 0) is 46.1 Å². The lowest BCUT2D eigenvalue weighted by molar-refractivity contribution is 0.163. The zero-order valence-electron chi connectivity index (χ0n) is 13.1. The van der Waals surface area contributed by atoms with Gasteiger partial charge in [-0.15, -0.1) is 0 Å². The fourth-order valence-corrected chi connectivity index (χ4v) is 1.92. The molecule has 7 heteroatoms. The van der Waals surface area contributed by atoms with Gasteiger partial charge in [0.05, 0.1) is 5.56 Å². The fourth-order valence-electron chi connectivity index (χ4n) is 1.92. The van der Waals surface area contributed by atoms with Crippen molar-refractivity contribution in [2.45, 2.75) is 25.5 Å². The number of aliphatic hydroxyl groups excluding tert-OH is 1. The topological polar surface area (TPSA) is 64.6 Å².